The van der Waals surface area contributed by atoms with Crippen molar-refractivity contribution in [1.29, 1.82) is 0 Å². The van der Waals surface area contributed by atoms with Crippen molar-refractivity contribution in [3.63, 3.8) is 0 Å². The molecule has 1 unspecified atom stereocenters. The maximum absolute atomic E-state index is 5.71. The summed E-state index contributed by atoms with van der Waals surface area (Å²) in [6.45, 7) is 10.1. The Labute approximate surface area is 111 Å². The van der Waals surface area contributed by atoms with Gasteiger partial charge in [0.15, 0.2) is 0 Å². The molecule has 0 aliphatic heterocycles. The minimum absolute atomic E-state index is 0.150. The topological polar surface area (TPSA) is 21.3 Å². The molecule has 0 aliphatic carbocycles. The fourth-order valence-electron chi connectivity index (χ4n) is 1.48. The minimum atomic E-state index is 0.150. The molecular weight excluding hydrogens is 222 g/mol. The maximum atomic E-state index is 5.71. The molecule has 0 saturated carbocycles. The monoisotopic (exact) mass is 247 g/mol. The van der Waals surface area contributed by atoms with Crippen molar-refractivity contribution in [1.82, 2.24) is 5.32 Å². The Hall–Kier alpha value is -1.12. The third-order valence-corrected chi connectivity index (χ3v) is 2.51. The van der Waals surface area contributed by atoms with Crippen molar-refractivity contribution in [2.75, 3.05) is 13.2 Å². The second kappa shape index (κ2) is 7.34. The summed E-state index contributed by atoms with van der Waals surface area (Å²) in [5, 5.41) is 3.43. The van der Waals surface area contributed by atoms with E-state index in [9.17, 15) is 0 Å². The molecule has 2 heteroatoms. The van der Waals surface area contributed by atoms with E-state index in [1.807, 2.05) is 18.2 Å². The van der Waals surface area contributed by atoms with Gasteiger partial charge < -0.3 is 10.1 Å². The summed E-state index contributed by atoms with van der Waals surface area (Å²) in [5.41, 5.74) is 1.36. The lowest BCUT2D eigenvalue weighted by Gasteiger charge is -2.23. The standard InChI is InChI=1S/C16H25NO/c1-14(13-17-16(2,3)4)18-12-8-11-15-9-6-5-7-10-15/h5-11,14,17H,12-13H2,1-4H3/b11-8+. The number of hydrogen-bond donors (Lipinski definition) is 1. The van der Waals surface area contributed by atoms with E-state index in [0.717, 1.165) is 6.54 Å². The molecule has 0 heterocycles. The fourth-order valence-corrected chi connectivity index (χ4v) is 1.48. The molecule has 1 aromatic rings. The van der Waals surface area contributed by atoms with E-state index in [1.54, 1.807) is 0 Å². The van der Waals surface area contributed by atoms with Crippen LogP contribution in [0, 0.1) is 0 Å². The van der Waals surface area contributed by atoms with E-state index in [1.165, 1.54) is 5.56 Å². The van der Waals surface area contributed by atoms with Gasteiger partial charge >= 0.3 is 0 Å². The third-order valence-electron chi connectivity index (χ3n) is 2.51. The van der Waals surface area contributed by atoms with Crippen LogP contribution < -0.4 is 5.32 Å². The first-order chi connectivity index (χ1) is 8.47. The zero-order chi connectivity index (χ0) is 13.4. The smallest absolute Gasteiger partial charge is 0.0675 e. The summed E-state index contributed by atoms with van der Waals surface area (Å²) < 4.78 is 5.71. The SMILES string of the molecule is CC(CNC(C)(C)C)OC/C=C/c1ccccc1. The first kappa shape index (κ1) is 14.9. The van der Waals surface area contributed by atoms with Crippen LogP contribution in [0.5, 0.6) is 0 Å². The van der Waals surface area contributed by atoms with Crippen LogP contribution in [-0.4, -0.2) is 24.8 Å². The third kappa shape index (κ3) is 7.25. The molecule has 18 heavy (non-hydrogen) atoms. The van der Waals surface area contributed by atoms with Crippen LogP contribution in [0.3, 0.4) is 0 Å². The lowest BCUT2D eigenvalue weighted by molar-refractivity contribution is 0.0829. The zero-order valence-electron chi connectivity index (χ0n) is 11.9. The minimum Gasteiger partial charge on any atom is -0.373 e. The van der Waals surface area contributed by atoms with Crippen LogP contribution in [0.2, 0.25) is 0 Å². The van der Waals surface area contributed by atoms with Crippen molar-refractivity contribution in [3.8, 4) is 0 Å². The van der Waals surface area contributed by atoms with Crippen molar-refractivity contribution in [3.05, 3.63) is 42.0 Å². The second-order valence-electron chi connectivity index (χ2n) is 5.59. The van der Waals surface area contributed by atoms with Gasteiger partial charge in [-0.1, -0.05) is 42.5 Å². The average molecular weight is 247 g/mol. The lowest BCUT2D eigenvalue weighted by Crippen LogP contribution is -2.40. The molecule has 0 saturated heterocycles. The molecule has 1 atom stereocenters. The number of benzene rings is 1. The normalized spacial score (nSPS) is 14.0. The van der Waals surface area contributed by atoms with Gasteiger partial charge in [-0.2, -0.15) is 0 Å². The Balaban J connectivity index is 2.19. The zero-order valence-corrected chi connectivity index (χ0v) is 11.9. The first-order valence-corrected chi connectivity index (χ1v) is 6.55. The molecule has 0 aromatic heterocycles. The predicted octanol–water partition coefficient (Wildman–Crippen LogP) is 3.49. The molecule has 1 rings (SSSR count). The van der Waals surface area contributed by atoms with E-state index < -0.39 is 0 Å². The van der Waals surface area contributed by atoms with E-state index in [4.69, 9.17) is 4.74 Å². The molecular formula is C16H25NO. The molecule has 0 aliphatic rings. The van der Waals surface area contributed by atoms with Crippen LogP contribution in [0.4, 0.5) is 0 Å². The highest BCUT2D eigenvalue weighted by atomic mass is 16.5. The van der Waals surface area contributed by atoms with Gasteiger partial charge in [0.25, 0.3) is 0 Å². The van der Waals surface area contributed by atoms with Crippen LogP contribution >= 0.6 is 0 Å². The number of nitrogens with one attached hydrogen (secondary N) is 1. The fraction of sp³-hybridized carbons (Fsp3) is 0.500. The van der Waals surface area contributed by atoms with Gasteiger partial charge in [0.2, 0.25) is 0 Å². The Morgan fingerprint density at radius 2 is 1.89 bits per heavy atom. The molecule has 0 radical (unpaired) electrons. The Kier molecular flexibility index (Phi) is 6.10. The summed E-state index contributed by atoms with van der Waals surface area (Å²) in [5.74, 6) is 0. The van der Waals surface area contributed by atoms with Gasteiger partial charge in [-0.25, -0.2) is 0 Å². The second-order valence-corrected chi connectivity index (χ2v) is 5.59. The van der Waals surface area contributed by atoms with Gasteiger partial charge in [-0.3, -0.25) is 0 Å². The predicted molar refractivity (Wildman–Crippen MR) is 78.6 cm³/mol. The molecule has 0 spiro atoms. The van der Waals surface area contributed by atoms with Gasteiger partial charge in [-0.15, -0.1) is 0 Å². The van der Waals surface area contributed by atoms with E-state index >= 15 is 0 Å². The molecule has 1 N–H and O–H groups in total. The van der Waals surface area contributed by atoms with Gasteiger partial charge in [-0.05, 0) is 33.3 Å². The van der Waals surface area contributed by atoms with E-state index in [0.29, 0.717) is 6.61 Å². The highest BCUT2D eigenvalue weighted by Crippen LogP contribution is 2.02. The van der Waals surface area contributed by atoms with Gasteiger partial charge in [0.05, 0.1) is 12.7 Å². The first-order valence-electron chi connectivity index (χ1n) is 6.55. The Bertz CT molecular complexity index is 351. The highest BCUT2D eigenvalue weighted by molar-refractivity contribution is 5.48. The van der Waals surface area contributed by atoms with Crippen LogP contribution in [0.1, 0.15) is 33.3 Å². The van der Waals surface area contributed by atoms with Gasteiger partial charge in [0.1, 0.15) is 0 Å². The summed E-state index contributed by atoms with van der Waals surface area (Å²) in [6, 6.07) is 10.3. The number of ether oxygens (including phenoxy) is 1. The highest BCUT2D eigenvalue weighted by Gasteiger charge is 2.10. The largest absolute Gasteiger partial charge is 0.373 e. The summed E-state index contributed by atoms with van der Waals surface area (Å²) in [7, 11) is 0. The van der Waals surface area contributed by atoms with Crippen molar-refractivity contribution in [2.45, 2.75) is 39.3 Å². The summed E-state index contributed by atoms with van der Waals surface area (Å²) >= 11 is 0. The van der Waals surface area contributed by atoms with Crippen molar-refractivity contribution >= 4 is 6.08 Å². The van der Waals surface area contributed by atoms with Crippen molar-refractivity contribution < 1.29 is 4.74 Å². The molecule has 0 bridgehead atoms. The van der Waals surface area contributed by atoms with Crippen molar-refractivity contribution in [2.24, 2.45) is 0 Å². The molecule has 0 fully saturated rings. The number of hydrogen-bond acceptors (Lipinski definition) is 2. The van der Waals surface area contributed by atoms with Crippen LogP contribution in [0.15, 0.2) is 36.4 Å². The molecule has 100 valence electrons. The molecule has 1 aromatic carbocycles. The maximum Gasteiger partial charge on any atom is 0.0675 e. The van der Waals surface area contributed by atoms with Gasteiger partial charge in [0, 0.05) is 12.1 Å². The summed E-state index contributed by atoms with van der Waals surface area (Å²) in [6.07, 6.45) is 4.37. The Morgan fingerprint density at radius 3 is 2.50 bits per heavy atom. The van der Waals surface area contributed by atoms with Crippen LogP contribution in [-0.2, 0) is 4.74 Å². The molecule has 2 nitrogen and oxygen atoms in total. The lowest BCUT2D eigenvalue weighted by atomic mass is 10.1. The quantitative estimate of drug-likeness (QED) is 0.831. The Morgan fingerprint density at radius 1 is 1.22 bits per heavy atom. The molecule has 0 amide bonds. The number of rotatable bonds is 6. The van der Waals surface area contributed by atoms with Crippen LogP contribution in [0.25, 0.3) is 6.08 Å². The summed E-state index contributed by atoms with van der Waals surface area (Å²) in [4.78, 5) is 0. The van der Waals surface area contributed by atoms with E-state index in [-0.39, 0.29) is 11.6 Å². The average Bonchev–Trinajstić information content (AvgIpc) is 2.33. The van der Waals surface area contributed by atoms with E-state index in [2.05, 4.69) is 57.3 Å².